The molecule has 1 heterocycles. The first-order valence-electron chi connectivity index (χ1n) is 10.2. The van der Waals surface area contributed by atoms with Crippen molar-refractivity contribution in [3.63, 3.8) is 0 Å². The number of nitro benzene ring substituents is 1. The number of sulfonamides is 1. The van der Waals surface area contributed by atoms with E-state index in [1.165, 1.54) is 17.7 Å². The number of carbonyl (C=O) groups is 1. The maximum Gasteiger partial charge on any atom is 0.269 e. The molecule has 1 amide bonds. The van der Waals surface area contributed by atoms with Gasteiger partial charge in [-0.1, -0.05) is 37.6 Å². The number of non-ortho nitro benzene ring substituents is 1. The highest BCUT2D eigenvalue weighted by atomic mass is 32.2. The molecule has 2 aromatic carbocycles. The molecule has 1 saturated heterocycles. The van der Waals surface area contributed by atoms with Crippen LogP contribution in [0.2, 0.25) is 0 Å². The van der Waals surface area contributed by atoms with Crippen molar-refractivity contribution >= 4 is 21.6 Å². The molecule has 2 N–H and O–H groups in total. The molecule has 0 unspecified atom stereocenters. The number of hydrogen-bond acceptors (Lipinski definition) is 6. The number of hydrogen-bond donors (Lipinski definition) is 2. The fraction of sp³-hybridized carbons (Fsp3) is 0.381. The summed E-state index contributed by atoms with van der Waals surface area (Å²) in [4.78, 5) is 23.0. The molecular weight excluding hydrogens is 420 g/mol. The third-order valence-electron chi connectivity index (χ3n) is 5.18. The van der Waals surface area contributed by atoms with E-state index in [0.717, 1.165) is 34.8 Å². The van der Waals surface area contributed by atoms with Crippen LogP contribution in [0.3, 0.4) is 0 Å². The summed E-state index contributed by atoms with van der Waals surface area (Å²) in [5, 5.41) is 16.7. The summed E-state index contributed by atoms with van der Waals surface area (Å²) in [5.41, 5.74) is 1.97. The second-order valence-corrected chi connectivity index (χ2v) is 9.26. The number of benzene rings is 2. The number of nitrogens with one attached hydrogen (secondary N) is 2. The minimum Gasteiger partial charge on any atom is -0.351 e. The van der Waals surface area contributed by atoms with Crippen molar-refractivity contribution in [3.8, 4) is 0 Å². The number of aryl methyl sites for hydroxylation is 1. The number of nitrogens with zero attached hydrogens (tertiary/aromatic N) is 2. The Morgan fingerprint density at radius 1 is 1.16 bits per heavy atom. The normalized spacial score (nSPS) is 17.3. The van der Waals surface area contributed by atoms with Crippen LogP contribution in [0.1, 0.15) is 24.5 Å². The minimum absolute atomic E-state index is 0.0793. The van der Waals surface area contributed by atoms with Crippen LogP contribution in [0.15, 0.2) is 53.4 Å². The van der Waals surface area contributed by atoms with Gasteiger partial charge in [0.25, 0.3) is 5.69 Å². The van der Waals surface area contributed by atoms with Gasteiger partial charge in [0.05, 0.1) is 9.82 Å². The lowest BCUT2D eigenvalue weighted by molar-refractivity contribution is -0.384. The summed E-state index contributed by atoms with van der Waals surface area (Å²) >= 11 is 0. The van der Waals surface area contributed by atoms with Gasteiger partial charge in [0.15, 0.2) is 0 Å². The molecule has 1 atom stereocenters. The van der Waals surface area contributed by atoms with Crippen LogP contribution in [0.4, 0.5) is 5.69 Å². The van der Waals surface area contributed by atoms with Crippen molar-refractivity contribution in [2.45, 2.75) is 37.2 Å². The van der Waals surface area contributed by atoms with Crippen molar-refractivity contribution in [2.24, 2.45) is 0 Å². The Labute approximate surface area is 181 Å². The van der Waals surface area contributed by atoms with Crippen LogP contribution in [0.5, 0.6) is 0 Å². The molecule has 0 aliphatic carbocycles. The molecule has 1 aliphatic heterocycles. The van der Waals surface area contributed by atoms with Gasteiger partial charge in [-0.2, -0.15) is 4.31 Å². The summed E-state index contributed by atoms with van der Waals surface area (Å²) in [6.07, 6.45) is 2.06. The highest BCUT2D eigenvalue weighted by Crippen LogP contribution is 2.22. The Morgan fingerprint density at radius 3 is 2.42 bits per heavy atom. The van der Waals surface area contributed by atoms with E-state index in [9.17, 15) is 23.3 Å². The molecule has 10 heteroatoms. The van der Waals surface area contributed by atoms with Gasteiger partial charge in [-0.05, 0) is 29.7 Å². The average Bonchev–Trinajstić information content (AvgIpc) is 2.78. The molecule has 2 aromatic rings. The zero-order valence-electron chi connectivity index (χ0n) is 17.3. The molecule has 0 saturated carbocycles. The molecule has 0 aromatic heterocycles. The standard InChI is InChI=1S/C21H26N4O5S/c1-2-3-16-4-6-17(7-5-16)14-23-21(26)20-15-22-12-13-24(20)31(29,30)19-10-8-18(9-11-19)25(27)28/h4-11,20,22H,2-3,12-15H2,1H3,(H,23,26)/t20-/m1/s1. The summed E-state index contributed by atoms with van der Waals surface area (Å²) in [6.45, 7) is 3.14. The number of amides is 1. The first-order valence-corrected chi connectivity index (χ1v) is 11.6. The highest BCUT2D eigenvalue weighted by molar-refractivity contribution is 7.89. The number of rotatable bonds is 8. The molecule has 9 nitrogen and oxygen atoms in total. The van der Waals surface area contributed by atoms with Gasteiger partial charge in [0.2, 0.25) is 15.9 Å². The topological polar surface area (TPSA) is 122 Å². The SMILES string of the molecule is CCCc1ccc(CNC(=O)[C@H]2CNCCN2S(=O)(=O)c2ccc([N+](=O)[O-])cc2)cc1. The largest absolute Gasteiger partial charge is 0.351 e. The lowest BCUT2D eigenvalue weighted by Crippen LogP contribution is -2.59. The van der Waals surface area contributed by atoms with E-state index in [1.807, 2.05) is 24.3 Å². The summed E-state index contributed by atoms with van der Waals surface area (Å²) in [7, 11) is -3.98. The van der Waals surface area contributed by atoms with E-state index < -0.39 is 26.9 Å². The van der Waals surface area contributed by atoms with E-state index in [0.29, 0.717) is 13.1 Å². The minimum atomic E-state index is -3.98. The predicted octanol–water partition coefficient (Wildman–Crippen LogP) is 1.83. The van der Waals surface area contributed by atoms with Crippen molar-refractivity contribution in [2.75, 3.05) is 19.6 Å². The van der Waals surface area contributed by atoms with Crippen molar-refractivity contribution in [3.05, 3.63) is 69.8 Å². The average molecular weight is 447 g/mol. The Kier molecular flexibility index (Phi) is 7.37. The molecular formula is C21H26N4O5S. The van der Waals surface area contributed by atoms with Crippen molar-refractivity contribution < 1.29 is 18.1 Å². The Hall–Kier alpha value is -2.82. The van der Waals surface area contributed by atoms with Crippen molar-refractivity contribution in [1.82, 2.24) is 14.9 Å². The number of piperazine rings is 1. The second-order valence-electron chi connectivity index (χ2n) is 7.37. The van der Waals surface area contributed by atoms with Gasteiger partial charge in [-0.15, -0.1) is 0 Å². The Bertz CT molecular complexity index is 1020. The maximum absolute atomic E-state index is 13.1. The van der Waals surface area contributed by atoms with Crippen LogP contribution >= 0.6 is 0 Å². The quantitative estimate of drug-likeness (QED) is 0.471. The van der Waals surface area contributed by atoms with Crippen LogP contribution in [0.25, 0.3) is 0 Å². The smallest absolute Gasteiger partial charge is 0.269 e. The first kappa shape index (κ1) is 22.9. The third-order valence-corrected chi connectivity index (χ3v) is 7.10. The second kappa shape index (κ2) is 9.99. The fourth-order valence-electron chi connectivity index (χ4n) is 3.49. The predicted molar refractivity (Wildman–Crippen MR) is 116 cm³/mol. The van der Waals surface area contributed by atoms with Gasteiger partial charge in [-0.3, -0.25) is 14.9 Å². The molecule has 0 radical (unpaired) electrons. The molecule has 31 heavy (non-hydrogen) atoms. The first-order chi connectivity index (χ1) is 14.8. The highest BCUT2D eigenvalue weighted by Gasteiger charge is 2.37. The molecule has 166 valence electrons. The van der Waals surface area contributed by atoms with Crippen LogP contribution in [0, 0.1) is 10.1 Å². The third kappa shape index (κ3) is 5.46. The monoisotopic (exact) mass is 446 g/mol. The number of carbonyl (C=O) groups excluding carboxylic acids is 1. The van der Waals surface area contributed by atoms with E-state index in [4.69, 9.17) is 0 Å². The van der Waals surface area contributed by atoms with Crippen LogP contribution < -0.4 is 10.6 Å². The van der Waals surface area contributed by atoms with Crippen LogP contribution in [-0.2, 0) is 27.8 Å². The van der Waals surface area contributed by atoms with E-state index in [2.05, 4.69) is 17.6 Å². The molecule has 0 bridgehead atoms. The lowest BCUT2D eigenvalue weighted by Gasteiger charge is -2.34. The summed E-state index contributed by atoms with van der Waals surface area (Å²) < 4.78 is 27.4. The van der Waals surface area contributed by atoms with E-state index in [1.54, 1.807) is 0 Å². The van der Waals surface area contributed by atoms with E-state index >= 15 is 0 Å². The van der Waals surface area contributed by atoms with Gasteiger partial charge in [-0.25, -0.2) is 8.42 Å². The van der Waals surface area contributed by atoms with Crippen molar-refractivity contribution in [1.29, 1.82) is 0 Å². The van der Waals surface area contributed by atoms with Crippen LogP contribution in [-0.4, -0.2) is 49.2 Å². The van der Waals surface area contributed by atoms with Gasteiger partial charge < -0.3 is 10.6 Å². The lowest BCUT2D eigenvalue weighted by atomic mass is 10.1. The fourth-order valence-corrected chi connectivity index (χ4v) is 5.08. The number of nitro groups is 1. The molecule has 1 fully saturated rings. The summed E-state index contributed by atoms with van der Waals surface area (Å²) in [6, 6.07) is 11.7. The molecule has 3 rings (SSSR count). The zero-order chi connectivity index (χ0) is 22.4. The van der Waals surface area contributed by atoms with Gasteiger partial charge in [0.1, 0.15) is 6.04 Å². The van der Waals surface area contributed by atoms with Gasteiger partial charge >= 0.3 is 0 Å². The Morgan fingerprint density at radius 2 is 1.81 bits per heavy atom. The Balaban J connectivity index is 1.71. The zero-order valence-corrected chi connectivity index (χ0v) is 18.1. The maximum atomic E-state index is 13.1. The summed E-state index contributed by atoms with van der Waals surface area (Å²) in [5.74, 6) is -0.393. The molecule has 1 aliphatic rings. The van der Waals surface area contributed by atoms with E-state index in [-0.39, 0.29) is 23.7 Å². The van der Waals surface area contributed by atoms with Gasteiger partial charge in [0, 0.05) is 38.3 Å². The molecule has 0 spiro atoms.